The highest BCUT2D eigenvalue weighted by molar-refractivity contribution is 5.82. The molecule has 0 saturated carbocycles. The van der Waals surface area contributed by atoms with E-state index in [4.69, 9.17) is 4.74 Å². The van der Waals surface area contributed by atoms with Crippen molar-refractivity contribution in [1.29, 1.82) is 0 Å². The zero-order valence-corrected chi connectivity index (χ0v) is 18.9. The van der Waals surface area contributed by atoms with Crippen LogP contribution in [-0.4, -0.2) is 0 Å². The number of rotatable bonds is 4. The van der Waals surface area contributed by atoms with E-state index in [-0.39, 0.29) is 5.92 Å². The summed E-state index contributed by atoms with van der Waals surface area (Å²) in [6.07, 6.45) is 7.64. The third kappa shape index (κ3) is 3.33. The topological polar surface area (TPSA) is 21.3 Å². The molecule has 0 spiro atoms. The Hall–Kier alpha value is -2.92. The monoisotopic (exact) mass is 397 g/mol. The Morgan fingerprint density at radius 2 is 2.00 bits per heavy atom. The van der Waals surface area contributed by atoms with Crippen molar-refractivity contribution in [3.8, 4) is 23.3 Å². The van der Waals surface area contributed by atoms with Crippen LogP contribution in [0.3, 0.4) is 0 Å². The van der Waals surface area contributed by atoms with Crippen LogP contribution in [-0.2, 0) is 6.54 Å². The molecule has 2 aromatic rings. The van der Waals surface area contributed by atoms with Crippen molar-refractivity contribution in [2.24, 2.45) is 5.92 Å². The first kappa shape index (κ1) is 20.4. The minimum absolute atomic E-state index is 0.188. The standard InChI is InChI=1S/C28H31NO/c1-7-10-17(4)12-22-13-21(18(5)9-3)15-24-26(22)28-27-23(16-29-28)19(6)20(11-8-2)14-25(27)30-24/h8,11-15,17-18,29H,9,16H2,1-6H3/b11-8-,22-12-. The van der Waals surface area contributed by atoms with Crippen molar-refractivity contribution >= 4 is 17.8 Å². The molecule has 0 amide bonds. The summed E-state index contributed by atoms with van der Waals surface area (Å²) in [6, 6.07) is 6.76. The van der Waals surface area contributed by atoms with Gasteiger partial charge in [-0.05, 0) is 79.6 Å². The molecule has 0 radical (unpaired) electrons. The molecule has 0 saturated heterocycles. The number of benzene rings is 2. The van der Waals surface area contributed by atoms with E-state index >= 15 is 0 Å². The number of hydrogen-bond acceptors (Lipinski definition) is 2. The van der Waals surface area contributed by atoms with Crippen molar-refractivity contribution < 1.29 is 4.74 Å². The highest BCUT2D eigenvalue weighted by Gasteiger charge is 2.29. The van der Waals surface area contributed by atoms with E-state index in [1.807, 2.05) is 6.92 Å². The van der Waals surface area contributed by atoms with Crippen molar-refractivity contribution in [3.05, 3.63) is 62.5 Å². The molecule has 2 aromatic carbocycles. The molecule has 2 aliphatic heterocycles. The van der Waals surface area contributed by atoms with Gasteiger partial charge < -0.3 is 10.1 Å². The second-order valence-corrected chi connectivity index (χ2v) is 8.42. The highest BCUT2D eigenvalue weighted by atomic mass is 16.5. The fourth-order valence-corrected chi connectivity index (χ4v) is 4.55. The van der Waals surface area contributed by atoms with Crippen molar-refractivity contribution in [1.82, 2.24) is 5.32 Å². The van der Waals surface area contributed by atoms with Crippen LogP contribution in [0.1, 0.15) is 74.8 Å². The third-order valence-corrected chi connectivity index (χ3v) is 6.37. The fraction of sp³-hybridized carbons (Fsp3) is 0.357. The predicted molar refractivity (Wildman–Crippen MR) is 127 cm³/mol. The summed E-state index contributed by atoms with van der Waals surface area (Å²) in [7, 11) is 0. The Morgan fingerprint density at radius 1 is 1.20 bits per heavy atom. The molecule has 2 atom stereocenters. The van der Waals surface area contributed by atoms with E-state index in [0.29, 0.717) is 5.92 Å². The summed E-state index contributed by atoms with van der Waals surface area (Å²) in [5.41, 5.74) is 7.66. The zero-order chi connectivity index (χ0) is 21.4. The molecule has 2 nitrogen and oxygen atoms in total. The zero-order valence-electron chi connectivity index (χ0n) is 18.9. The van der Waals surface area contributed by atoms with Gasteiger partial charge in [0.25, 0.3) is 0 Å². The second kappa shape index (κ2) is 8.07. The van der Waals surface area contributed by atoms with E-state index in [9.17, 15) is 0 Å². The quantitative estimate of drug-likeness (QED) is 0.703. The molecule has 2 unspecified atom stereocenters. The summed E-state index contributed by atoms with van der Waals surface area (Å²) in [6.45, 7) is 13.7. The number of nitrogens with one attached hydrogen (secondary N) is 1. The fourth-order valence-electron chi connectivity index (χ4n) is 4.55. The van der Waals surface area contributed by atoms with Gasteiger partial charge in [-0.15, -0.1) is 5.92 Å². The van der Waals surface area contributed by atoms with Crippen LogP contribution < -0.4 is 20.5 Å². The molecule has 2 aliphatic rings. The Bertz CT molecular complexity index is 1220. The first-order valence-electron chi connectivity index (χ1n) is 11.0. The lowest BCUT2D eigenvalue weighted by Gasteiger charge is -2.22. The smallest absolute Gasteiger partial charge is 0.137 e. The highest BCUT2D eigenvalue weighted by Crippen LogP contribution is 2.41. The van der Waals surface area contributed by atoms with E-state index in [0.717, 1.165) is 24.5 Å². The van der Waals surface area contributed by atoms with E-state index < -0.39 is 0 Å². The Morgan fingerprint density at radius 3 is 2.70 bits per heavy atom. The lowest BCUT2D eigenvalue weighted by atomic mass is 9.92. The first-order valence-corrected chi connectivity index (χ1v) is 11.0. The molecule has 2 heteroatoms. The van der Waals surface area contributed by atoms with Gasteiger partial charge in [0.1, 0.15) is 11.5 Å². The van der Waals surface area contributed by atoms with Crippen LogP contribution in [0.2, 0.25) is 0 Å². The van der Waals surface area contributed by atoms with Gasteiger partial charge in [-0.25, -0.2) is 0 Å². The van der Waals surface area contributed by atoms with Crippen LogP contribution in [0.25, 0.3) is 17.8 Å². The number of allylic oxidation sites excluding steroid dienone is 1. The normalized spacial score (nSPS) is 16.3. The van der Waals surface area contributed by atoms with Crippen LogP contribution in [0, 0.1) is 24.7 Å². The molecule has 0 fully saturated rings. The molecule has 0 aliphatic carbocycles. The third-order valence-electron chi connectivity index (χ3n) is 6.37. The molecular formula is C28H31NO. The van der Waals surface area contributed by atoms with E-state index in [2.05, 4.69) is 88.2 Å². The minimum atomic E-state index is 0.188. The molecule has 0 bridgehead atoms. The summed E-state index contributed by atoms with van der Waals surface area (Å²) in [5, 5.41) is 6.09. The SMILES string of the molecule is CC#CC(C)/C=c1/cc(C(C)CC)cc2c1=C1NCc3c(C)c(/C=C\C)cc(c31)O2. The van der Waals surface area contributed by atoms with Gasteiger partial charge in [-0.2, -0.15) is 0 Å². The Labute approximate surface area is 180 Å². The molecule has 2 heterocycles. The number of fused-ring (bicyclic) bond motifs is 1. The lowest BCUT2D eigenvalue weighted by Crippen LogP contribution is -2.34. The minimum Gasteiger partial charge on any atom is -0.456 e. The molecule has 30 heavy (non-hydrogen) atoms. The maximum absolute atomic E-state index is 6.58. The van der Waals surface area contributed by atoms with Gasteiger partial charge in [0.05, 0.1) is 5.70 Å². The van der Waals surface area contributed by atoms with Gasteiger partial charge in [-0.1, -0.05) is 44.1 Å². The van der Waals surface area contributed by atoms with Crippen molar-refractivity contribution in [3.63, 3.8) is 0 Å². The number of hydrogen-bond donors (Lipinski definition) is 1. The molecule has 0 aromatic heterocycles. The van der Waals surface area contributed by atoms with E-state index in [1.54, 1.807) is 0 Å². The molecular weight excluding hydrogens is 366 g/mol. The average molecular weight is 398 g/mol. The molecule has 4 rings (SSSR count). The average Bonchev–Trinajstić information content (AvgIpc) is 3.17. The van der Waals surface area contributed by atoms with Crippen LogP contribution in [0.15, 0.2) is 24.3 Å². The van der Waals surface area contributed by atoms with Crippen molar-refractivity contribution in [2.45, 2.75) is 60.4 Å². The summed E-state index contributed by atoms with van der Waals surface area (Å²) in [4.78, 5) is 0. The number of ether oxygens (including phenoxy) is 1. The van der Waals surface area contributed by atoms with Crippen molar-refractivity contribution in [2.75, 3.05) is 0 Å². The maximum atomic E-state index is 6.58. The lowest BCUT2D eigenvalue weighted by molar-refractivity contribution is 0.469. The van der Waals surface area contributed by atoms with Gasteiger partial charge in [0.15, 0.2) is 0 Å². The Kier molecular flexibility index (Phi) is 5.48. The maximum Gasteiger partial charge on any atom is 0.137 e. The van der Waals surface area contributed by atoms with Gasteiger partial charge in [-0.3, -0.25) is 0 Å². The molecule has 154 valence electrons. The second-order valence-electron chi connectivity index (χ2n) is 8.42. The summed E-state index contributed by atoms with van der Waals surface area (Å²) in [5.74, 6) is 8.91. The summed E-state index contributed by atoms with van der Waals surface area (Å²) >= 11 is 0. The van der Waals surface area contributed by atoms with Gasteiger partial charge >= 0.3 is 0 Å². The Balaban J connectivity index is 2.07. The van der Waals surface area contributed by atoms with Gasteiger partial charge in [0.2, 0.25) is 0 Å². The van der Waals surface area contributed by atoms with Gasteiger partial charge in [0, 0.05) is 23.2 Å². The van der Waals surface area contributed by atoms with Crippen LogP contribution in [0.4, 0.5) is 0 Å². The largest absolute Gasteiger partial charge is 0.456 e. The van der Waals surface area contributed by atoms with Crippen LogP contribution >= 0.6 is 0 Å². The van der Waals surface area contributed by atoms with Crippen LogP contribution in [0.5, 0.6) is 11.5 Å². The first-order chi connectivity index (χ1) is 14.5. The summed E-state index contributed by atoms with van der Waals surface area (Å²) < 4.78 is 6.58. The van der Waals surface area contributed by atoms with E-state index in [1.165, 1.54) is 44.0 Å². The predicted octanol–water partition coefficient (Wildman–Crippen LogP) is 5.35. The molecule has 1 N–H and O–H groups in total.